The lowest BCUT2D eigenvalue weighted by atomic mass is 9.99. The van der Waals surface area contributed by atoms with Crippen molar-refractivity contribution < 1.29 is 23.8 Å². The quantitative estimate of drug-likeness (QED) is 0.720. The second-order valence-electron chi connectivity index (χ2n) is 5.51. The van der Waals surface area contributed by atoms with Gasteiger partial charge < -0.3 is 9.84 Å². The summed E-state index contributed by atoms with van der Waals surface area (Å²) < 4.78 is 18.2. The maximum atomic E-state index is 13.0. The minimum atomic E-state index is -1.16. The molecule has 1 aromatic heterocycles. The molecule has 0 bridgehead atoms. The van der Waals surface area contributed by atoms with Gasteiger partial charge in [-0.3, -0.25) is 9.78 Å². The molecule has 0 fully saturated rings. The third-order valence-electron chi connectivity index (χ3n) is 3.89. The first-order valence-corrected chi connectivity index (χ1v) is 7.46. The van der Waals surface area contributed by atoms with E-state index in [1.54, 1.807) is 24.4 Å². The summed E-state index contributed by atoms with van der Waals surface area (Å²) in [5.74, 6) is -1.24. The number of aldehydes is 1. The number of halogens is 1. The van der Waals surface area contributed by atoms with Crippen LogP contribution in [-0.4, -0.2) is 29.5 Å². The molecule has 6 heteroatoms. The van der Waals surface area contributed by atoms with Crippen molar-refractivity contribution in [2.45, 2.75) is 6.42 Å². The number of aromatic carboxylic acids is 1. The summed E-state index contributed by atoms with van der Waals surface area (Å²) in [5.41, 5.74) is 2.06. The van der Waals surface area contributed by atoms with Crippen LogP contribution in [0.3, 0.4) is 0 Å². The van der Waals surface area contributed by atoms with Crippen LogP contribution in [0.15, 0.2) is 42.6 Å². The Bertz CT molecular complexity index is 967. The number of benzene rings is 2. The first kappa shape index (κ1) is 16.6. The standard InChI is InChI=1S/C19H14FNO4/c1-25-18-13(10-22)8-16(19(23)24)15-7-12(9-21-17(15)18)6-11-2-4-14(20)5-3-11/h2-5,7-10H,6H2,1H3,(H,23,24). The van der Waals surface area contributed by atoms with Crippen molar-refractivity contribution in [2.24, 2.45) is 0 Å². The van der Waals surface area contributed by atoms with Gasteiger partial charge in [-0.05, 0) is 41.8 Å². The highest BCUT2D eigenvalue weighted by Gasteiger charge is 2.18. The van der Waals surface area contributed by atoms with E-state index in [2.05, 4.69) is 4.98 Å². The van der Waals surface area contributed by atoms with E-state index in [9.17, 15) is 19.1 Å². The predicted molar refractivity (Wildman–Crippen MR) is 89.8 cm³/mol. The first-order valence-electron chi connectivity index (χ1n) is 7.46. The lowest BCUT2D eigenvalue weighted by Crippen LogP contribution is -2.04. The van der Waals surface area contributed by atoms with Gasteiger partial charge in [-0.15, -0.1) is 0 Å². The van der Waals surface area contributed by atoms with Crippen molar-refractivity contribution in [3.05, 3.63) is 70.7 Å². The van der Waals surface area contributed by atoms with Crippen LogP contribution in [0.2, 0.25) is 0 Å². The third kappa shape index (κ3) is 3.19. The Balaban J connectivity index is 2.15. The molecule has 5 nitrogen and oxygen atoms in total. The number of carbonyl (C=O) groups is 2. The zero-order chi connectivity index (χ0) is 18.0. The number of hydrogen-bond acceptors (Lipinski definition) is 4. The second kappa shape index (κ2) is 6.68. The minimum Gasteiger partial charge on any atom is -0.494 e. The highest BCUT2D eigenvalue weighted by Crippen LogP contribution is 2.31. The van der Waals surface area contributed by atoms with Crippen LogP contribution in [0, 0.1) is 5.82 Å². The number of hydrogen-bond donors (Lipinski definition) is 1. The van der Waals surface area contributed by atoms with Gasteiger partial charge in [0.1, 0.15) is 11.3 Å². The molecule has 1 heterocycles. The normalized spacial score (nSPS) is 10.6. The monoisotopic (exact) mass is 339 g/mol. The Kier molecular flexibility index (Phi) is 4.43. The maximum absolute atomic E-state index is 13.0. The molecule has 0 spiro atoms. The summed E-state index contributed by atoms with van der Waals surface area (Å²) in [6.45, 7) is 0. The molecule has 0 atom stereocenters. The first-order chi connectivity index (χ1) is 12.0. The number of rotatable bonds is 5. The highest BCUT2D eigenvalue weighted by atomic mass is 19.1. The molecule has 126 valence electrons. The number of carboxylic acid groups (broad SMARTS) is 1. The molecule has 25 heavy (non-hydrogen) atoms. The van der Waals surface area contributed by atoms with Crippen molar-refractivity contribution >= 4 is 23.2 Å². The zero-order valence-corrected chi connectivity index (χ0v) is 13.3. The van der Waals surface area contributed by atoms with Crippen LogP contribution >= 0.6 is 0 Å². The van der Waals surface area contributed by atoms with Gasteiger partial charge in [0.2, 0.25) is 0 Å². The van der Waals surface area contributed by atoms with Crippen LogP contribution in [-0.2, 0) is 6.42 Å². The van der Waals surface area contributed by atoms with Crippen LogP contribution in [0.4, 0.5) is 4.39 Å². The van der Waals surface area contributed by atoms with Gasteiger partial charge in [0.05, 0.1) is 18.2 Å². The zero-order valence-electron chi connectivity index (χ0n) is 13.3. The summed E-state index contributed by atoms with van der Waals surface area (Å²) >= 11 is 0. The van der Waals surface area contributed by atoms with Gasteiger partial charge in [0.25, 0.3) is 0 Å². The molecule has 3 aromatic rings. The van der Waals surface area contributed by atoms with E-state index in [-0.39, 0.29) is 22.7 Å². The molecule has 0 saturated carbocycles. The molecule has 0 radical (unpaired) electrons. The molecule has 0 aliphatic heterocycles. The van der Waals surface area contributed by atoms with Gasteiger partial charge in [-0.1, -0.05) is 12.1 Å². The van der Waals surface area contributed by atoms with E-state index in [0.717, 1.165) is 11.1 Å². The van der Waals surface area contributed by atoms with E-state index in [4.69, 9.17) is 4.74 Å². The van der Waals surface area contributed by atoms with Gasteiger partial charge in [-0.2, -0.15) is 0 Å². The molecule has 0 unspecified atom stereocenters. The Morgan fingerprint density at radius 3 is 2.56 bits per heavy atom. The average Bonchev–Trinajstić information content (AvgIpc) is 2.61. The number of aromatic nitrogens is 1. The summed E-state index contributed by atoms with van der Waals surface area (Å²) in [4.78, 5) is 27.1. The topological polar surface area (TPSA) is 76.5 Å². The van der Waals surface area contributed by atoms with Crippen LogP contribution in [0.1, 0.15) is 31.8 Å². The van der Waals surface area contributed by atoms with E-state index in [1.165, 1.54) is 25.3 Å². The van der Waals surface area contributed by atoms with Gasteiger partial charge in [0, 0.05) is 11.6 Å². The fourth-order valence-corrected chi connectivity index (χ4v) is 2.74. The van der Waals surface area contributed by atoms with Crippen LogP contribution < -0.4 is 4.74 Å². The van der Waals surface area contributed by atoms with Crippen LogP contribution in [0.25, 0.3) is 10.9 Å². The maximum Gasteiger partial charge on any atom is 0.336 e. The molecule has 0 aliphatic carbocycles. The molecule has 1 N–H and O–H groups in total. The van der Waals surface area contributed by atoms with Crippen molar-refractivity contribution in [3.63, 3.8) is 0 Å². The molecular formula is C19H14FNO4. The van der Waals surface area contributed by atoms with Crippen molar-refractivity contribution in [1.82, 2.24) is 4.98 Å². The van der Waals surface area contributed by atoms with E-state index < -0.39 is 5.97 Å². The smallest absolute Gasteiger partial charge is 0.336 e. The Labute approximate surface area is 142 Å². The Hall–Kier alpha value is -3.28. The average molecular weight is 339 g/mol. The fraction of sp³-hybridized carbons (Fsp3) is 0.105. The fourth-order valence-electron chi connectivity index (χ4n) is 2.74. The van der Waals surface area contributed by atoms with Gasteiger partial charge >= 0.3 is 5.97 Å². The molecular weight excluding hydrogens is 325 g/mol. The van der Waals surface area contributed by atoms with E-state index >= 15 is 0 Å². The van der Waals surface area contributed by atoms with Crippen molar-refractivity contribution in [1.29, 1.82) is 0 Å². The van der Waals surface area contributed by atoms with Crippen molar-refractivity contribution in [2.75, 3.05) is 7.11 Å². The number of pyridine rings is 1. The largest absolute Gasteiger partial charge is 0.494 e. The minimum absolute atomic E-state index is 0.0219. The molecule has 0 aliphatic rings. The summed E-state index contributed by atoms with van der Waals surface area (Å²) in [6.07, 6.45) is 2.60. The third-order valence-corrected chi connectivity index (χ3v) is 3.89. The summed E-state index contributed by atoms with van der Waals surface area (Å²) in [7, 11) is 1.40. The predicted octanol–water partition coefficient (Wildman–Crippen LogP) is 3.48. The summed E-state index contributed by atoms with van der Waals surface area (Å²) in [6, 6.07) is 9.03. The number of ether oxygens (including phenoxy) is 1. The molecule has 0 amide bonds. The van der Waals surface area contributed by atoms with E-state index in [1.807, 2.05) is 0 Å². The molecule has 3 rings (SSSR count). The molecule has 2 aromatic carbocycles. The SMILES string of the molecule is COc1c(C=O)cc(C(=O)O)c2cc(Cc3ccc(F)cc3)cnc12. The highest BCUT2D eigenvalue weighted by molar-refractivity contribution is 6.07. The van der Waals surface area contributed by atoms with Crippen LogP contribution in [0.5, 0.6) is 5.75 Å². The second-order valence-corrected chi connectivity index (χ2v) is 5.51. The number of fused-ring (bicyclic) bond motifs is 1. The lowest BCUT2D eigenvalue weighted by Gasteiger charge is -2.11. The number of carboxylic acids is 1. The van der Waals surface area contributed by atoms with Gasteiger partial charge in [0.15, 0.2) is 12.0 Å². The van der Waals surface area contributed by atoms with E-state index in [0.29, 0.717) is 23.6 Å². The van der Waals surface area contributed by atoms with Crippen molar-refractivity contribution in [3.8, 4) is 5.75 Å². The Morgan fingerprint density at radius 1 is 1.24 bits per heavy atom. The number of carbonyl (C=O) groups excluding carboxylic acids is 1. The summed E-state index contributed by atoms with van der Waals surface area (Å²) in [5, 5.41) is 9.84. The Morgan fingerprint density at radius 2 is 1.96 bits per heavy atom. The molecule has 0 saturated heterocycles. The number of nitrogens with zero attached hydrogens (tertiary/aromatic N) is 1. The lowest BCUT2D eigenvalue weighted by molar-refractivity contribution is 0.0699. The van der Waals surface area contributed by atoms with Gasteiger partial charge in [-0.25, -0.2) is 9.18 Å². The number of methoxy groups -OCH3 is 1.